The van der Waals surface area contributed by atoms with E-state index in [0.29, 0.717) is 41.8 Å². The minimum absolute atomic E-state index is 0.257. The summed E-state index contributed by atoms with van der Waals surface area (Å²) in [4.78, 5) is 12.3. The first-order valence-corrected chi connectivity index (χ1v) is 11.2. The SMILES string of the molecule is COc1cc(CNC(=O)c2ccc(NS(C)(=O)=O)cc2)ccc1OCCC(C)C. The monoisotopic (exact) mass is 420 g/mol. The van der Waals surface area contributed by atoms with Crippen LogP contribution >= 0.6 is 0 Å². The molecule has 0 aliphatic heterocycles. The molecule has 0 saturated heterocycles. The molecule has 0 unspecified atom stereocenters. The Morgan fingerprint density at radius 3 is 2.34 bits per heavy atom. The van der Waals surface area contributed by atoms with E-state index in [0.717, 1.165) is 18.2 Å². The van der Waals surface area contributed by atoms with E-state index in [1.165, 1.54) is 0 Å². The lowest BCUT2D eigenvalue weighted by Gasteiger charge is -2.13. The highest BCUT2D eigenvalue weighted by molar-refractivity contribution is 7.92. The third-order valence-corrected chi connectivity index (χ3v) is 4.69. The van der Waals surface area contributed by atoms with Gasteiger partial charge in [0.25, 0.3) is 5.91 Å². The molecule has 0 radical (unpaired) electrons. The highest BCUT2D eigenvalue weighted by Gasteiger charge is 2.10. The van der Waals surface area contributed by atoms with Crippen LogP contribution in [0.3, 0.4) is 0 Å². The number of carbonyl (C=O) groups is 1. The largest absolute Gasteiger partial charge is 0.493 e. The van der Waals surface area contributed by atoms with Gasteiger partial charge >= 0.3 is 0 Å². The van der Waals surface area contributed by atoms with E-state index in [1.54, 1.807) is 31.4 Å². The van der Waals surface area contributed by atoms with Gasteiger partial charge in [0, 0.05) is 17.8 Å². The molecule has 0 heterocycles. The molecule has 2 aromatic rings. The molecular formula is C21H28N2O5S. The van der Waals surface area contributed by atoms with Gasteiger partial charge in [-0.3, -0.25) is 9.52 Å². The third-order valence-electron chi connectivity index (χ3n) is 4.08. The summed E-state index contributed by atoms with van der Waals surface area (Å²) in [7, 11) is -1.77. The van der Waals surface area contributed by atoms with Gasteiger partial charge in [0.2, 0.25) is 10.0 Å². The normalized spacial score (nSPS) is 11.2. The summed E-state index contributed by atoms with van der Waals surface area (Å²) in [6.07, 6.45) is 2.03. The van der Waals surface area contributed by atoms with Crippen LogP contribution in [-0.4, -0.2) is 34.3 Å². The molecule has 0 fully saturated rings. The number of ether oxygens (including phenoxy) is 2. The maximum absolute atomic E-state index is 12.3. The molecular weight excluding hydrogens is 392 g/mol. The second-order valence-corrected chi connectivity index (χ2v) is 8.90. The average molecular weight is 421 g/mol. The molecule has 1 amide bonds. The molecule has 0 saturated carbocycles. The number of rotatable bonds is 10. The first kappa shape index (κ1) is 22.5. The molecule has 0 aromatic heterocycles. The number of methoxy groups -OCH3 is 1. The zero-order valence-electron chi connectivity index (χ0n) is 17.2. The fraction of sp³-hybridized carbons (Fsp3) is 0.381. The molecule has 2 aromatic carbocycles. The average Bonchev–Trinajstić information content (AvgIpc) is 2.65. The first-order chi connectivity index (χ1) is 13.7. The summed E-state index contributed by atoms with van der Waals surface area (Å²) in [6.45, 7) is 5.23. The van der Waals surface area contributed by atoms with E-state index < -0.39 is 10.0 Å². The fourth-order valence-electron chi connectivity index (χ4n) is 2.53. The van der Waals surface area contributed by atoms with Crippen molar-refractivity contribution in [2.75, 3.05) is 24.7 Å². The smallest absolute Gasteiger partial charge is 0.251 e. The van der Waals surface area contributed by atoms with E-state index in [-0.39, 0.29) is 5.91 Å². The minimum atomic E-state index is -3.35. The Balaban J connectivity index is 1.95. The van der Waals surface area contributed by atoms with Crippen LogP contribution in [0.25, 0.3) is 0 Å². The number of sulfonamides is 1. The van der Waals surface area contributed by atoms with Crippen LogP contribution in [0.1, 0.15) is 36.2 Å². The Labute approximate surface area is 172 Å². The minimum Gasteiger partial charge on any atom is -0.493 e. The highest BCUT2D eigenvalue weighted by Crippen LogP contribution is 2.28. The van der Waals surface area contributed by atoms with E-state index in [2.05, 4.69) is 23.9 Å². The lowest BCUT2D eigenvalue weighted by atomic mass is 10.1. The topological polar surface area (TPSA) is 93.7 Å². The van der Waals surface area contributed by atoms with Crippen molar-refractivity contribution in [1.82, 2.24) is 5.32 Å². The van der Waals surface area contributed by atoms with Gasteiger partial charge in [-0.2, -0.15) is 0 Å². The second kappa shape index (κ2) is 10.2. The van der Waals surface area contributed by atoms with Gasteiger partial charge in [-0.25, -0.2) is 8.42 Å². The number of amides is 1. The predicted molar refractivity (Wildman–Crippen MR) is 114 cm³/mol. The molecule has 0 atom stereocenters. The van der Waals surface area contributed by atoms with Crippen molar-refractivity contribution in [3.63, 3.8) is 0 Å². The number of carbonyl (C=O) groups excluding carboxylic acids is 1. The maximum Gasteiger partial charge on any atom is 0.251 e. The summed E-state index contributed by atoms with van der Waals surface area (Å²) >= 11 is 0. The number of hydrogen-bond donors (Lipinski definition) is 2. The lowest BCUT2D eigenvalue weighted by molar-refractivity contribution is 0.0951. The molecule has 7 nitrogen and oxygen atoms in total. The highest BCUT2D eigenvalue weighted by atomic mass is 32.2. The van der Waals surface area contributed by atoms with Crippen LogP contribution in [0.5, 0.6) is 11.5 Å². The maximum atomic E-state index is 12.3. The quantitative estimate of drug-likeness (QED) is 0.614. The molecule has 2 N–H and O–H groups in total. The van der Waals surface area contributed by atoms with E-state index in [1.807, 2.05) is 18.2 Å². The van der Waals surface area contributed by atoms with Crippen LogP contribution in [-0.2, 0) is 16.6 Å². The third kappa shape index (κ3) is 7.65. The molecule has 158 valence electrons. The van der Waals surface area contributed by atoms with Gasteiger partial charge in [-0.05, 0) is 54.3 Å². The van der Waals surface area contributed by atoms with E-state index >= 15 is 0 Å². The molecule has 0 aliphatic carbocycles. The first-order valence-electron chi connectivity index (χ1n) is 9.33. The summed E-state index contributed by atoms with van der Waals surface area (Å²) in [6, 6.07) is 11.8. The van der Waals surface area contributed by atoms with Crippen LogP contribution in [0.15, 0.2) is 42.5 Å². The van der Waals surface area contributed by atoms with Crippen molar-refractivity contribution in [2.24, 2.45) is 5.92 Å². The fourth-order valence-corrected chi connectivity index (χ4v) is 3.10. The molecule has 8 heteroatoms. The number of benzene rings is 2. The van der Waals surface area contributed by atoms with Crippen LogP contribution in [0.2, 0.25) is 0 Å². The van der Waals surface area contributed by atoms with Crippen molar-refractivity contribution in [2.45, 2.75) is 26.8 Å². The van der Waals surface area contributed by atoms with Gasteiger partial charge in [-0.15, -0.1) is 0 Å². The zero-order valence-corrected chi connectivity index (χ0v) is 18.0. The van der Waals surface area contributed by atoms with Crippen molar-refractivity contribution >= 4 is 21.6 Å². The molecule has 0 aliphatic rings. The standard InChI is InChI=1S/C21H28N2O5S/c1-15(2)11-12-28-19-10-5-16(13-20(19)27-3)14-22-21(24)17-6-8-18(9-7-17)23-29(4,25)26/h5-10,13,15,23H,11-12,14H2,1-4H3,(H,22,24). The van der Waals surface area contributed by atoms with E-state index in [4.69, 9.17) is 9.47 Å². The zero-order chi connectivity index (χ0) is 21.4. The summed E-state index contributed by atoms with van der Waals surface area (Å²) in [5.41, 5.74) is 1.72. The van der Waals surface area contributed by atoms with E-state index in [9.17, 15) is 13.2 Å². The van der Waals surface area contributed by atoms with Gasteiger partial charge in [0.15, 0.2) is 11.5 Å². The van der Waals surface area contributed by atoms with Crippen molar-refractivity contribution in [3.05, 3.63) is 53.6 Å². The lowest BCUT2D eigenvalue weighted by Crippen LogP contribution is -2.22. The number of hydrogen-bond acceptors (Lipinski definition) is 5. The summed E-state index contributed by atoms with van der Waals surface area (Å²) in [5.74, 6) is 1.60. The van der Waals surface area contributed by atoms with Gasteiger partial charge < -0.3 is 14.8 Å². The van der Waals surface area contributed by atoms with Gasteiger partial charge in [-0.1, -0.05) is 19.9 Å². The summed E-state index contributed by atoms with van der Waals surface area (Å²) in [5, 5.41) is 2.84. The molecule has 0 bridgehead atoms. The second-order valence-electron chi connectivity index (χ2n) is 7.15. The van der Waals surface area contributed by atoms with Crippen LogP contribution in [0.4, 0.5) is 5.69 Å². The predicted octanol–water partition coefficient (Wildman–Crippen LogP) is 3.42. The molecule has 0 spiro atoms. The Kier molecular flexibility index (Phi) is 7.90. The van der Waals surface area contributed by atoms with Crippen molar-refractivity contribution < 1.29 is 22.7 Å². The van der Waals surface area contributed by atoms with Crippen molar-refractivity contribution in [3.8, 4) is 11.5 Å². The van der Waals surface area contributed by atoms with Crippen LogP contribution < -0.4 is 19.5 Å². The Morgan fingerprint density at radius 2 is 1.76 bits per heavy atom. The summed E-state index contributed by atoms with van der Waals surface area (Å²) < 4.78 is 36.0. The Morgan fingerprint density at radius 1 is 1.07 bits per heavy atom. The van der Waals surface area contributed by atoms with Gasteiger partial charge in [0.1, 0.15) is 0 Å². The molecule has 29 heavy (non-hydrogen) atoms. The Bertz CT molecular complexity index is 925. The van der Waals surface area contributed by atoms with Crippen LogP contribution in [0, 0.1) is 5.92 Å². The Hall–Kier alpha value is -2.74. The number of nitrogens with one attached hydrogen (secondary N) is 2. The van der Waals surface area contributed by atoms with Gasteiger partial charge in [0.05, 0.1) is 20.0 Å². The van der Waals surface area contributed by atoms with Crippen molar-refractivity contribution in [1.29, 1.82) is 0 Å². The number of anilines is 1. The molecule has 2 rings (SSSR count).